The zero-order chi connectivity index (χ0) is 12.6. The summed E-state index contributed by atoms with van der Waals surface area (Å²) < 4.78 is 0. The van der Waals surface area contributed by atoms with Gasteiger partial charge in [-0.2, -0.15) is 0 Å². The Hall–Kier alpha value is -1.35. The minimum absolute atomic E-state index is 0.0480. The van der Waals surface area contributed by atoms with E-state index in [9.17, 15) is 4.79 Å². The van der Waals surface area contributed by atoms with Crippen LogP contribution in [0.25, 0.3) is 0 Å². The van der Waals surface area contributed by atoms with E-state index in [1.807, 2.05) is 30.3 Å². The maximum Gasteiger partial charge on any atom is 0.241 e. The molecular weight excluding hydrogens is 224 g/mol. The molecular formula is C15H20N2O. The monoisotopic (exact) mass is 244 g/mol. The van der Waals surface area contributed by atoms with Gasteiger partial charge in [-0.3, -0.25) is 4.79 Å². The summed E-state index contributed by atoms with van der Waals surface area (Å²) in [4.78, 5) is 12.0. The van der Waals surface area contributed by atoms with Crippen LogP contribution in [-0.2, 0) is 4.79 Å². The van der Waals surface area contributed by atoms with E-state index in [-0.39, 0.29) is 5.91 Å². The fourth-order valence-electron chi connectivity index (χ4n) is 2.77. The van der Waals surface area contributed by atoms with Gasteiger partial charge in [0.15, 0.2) is 0 Å². The number of nitrogens with two attached hydrogens (primary N) is 1. The number of hydrogen-bond acceptors (Lipinski definition) is 2. The number of carbonyl (C=O) groups is 1. The van der Waals surface area contributed by atoms with Gasteiger partial charge in [-0.15, -0.1) is 0 Å². The van der Waals surface area contributed by atoms with Crippen molar-refractivity contribution in [1.29, 1.82) is 0 Å². The van der Waals surface area contributed by atoms with E-state index in [1.165, 1.54) is 25.7 Å². The van der Waals surface area contributed by atoms with Gasteiger partial charge in [-0.25, -0.2) is 0 Å². The first-order valence-corrected chi connectivity index (χ1v) is 6.79. The summed E-state index contributed by atoms with van der Waals surface area (Å²) in [5.74, 6) is 0.818. The minimum atomic E-state index is -0.541. The third kappa shape index (κ3) is 2.27. The first-order valence-electron chi connectivity index (χ1n) is 6.79. The molecule has 2 saturated carbocycles. The van der Waals surface area contributed by atoms with E-state index < -0.39 is 6.04 Å². The van der Waals surface area contributed by atoms with Crippen LogP contribution >= 0.6 is 0 Å². The molecule has 0 aliphatic heterocycles. The molecule has 1 aromatic rings. The fourth-order valence-corrected chi connectivity index (χ4v) is 2.77. The van der Waals surface area contributed by atoms with Crippen LogP contribution in [0.3, 0.4) is 0 Å². The van der Waals surface area contributed by atoms with E-state index in [0.29, 0.717) is 5.41 Å². The molecule has 2 aliphatic carbocycles. The molecule has 3 N–H and O–H groups in total. The number of nitrogens with one attached hydrogen (secondary N) is 1. The summed E-state index contributed by atoms with van der Waals surface area (Å²) in [6.45, 7) is 0.817. The molecule has 2 aliphatic rings. The Labute approximate surface area is 108 Å². The highest BCUT2D eigenvalue weighted by Crippen LogP contribution is 2.60. The molecule has 1 aromatic carbocycles. The first kappa shape index (κ1) is 11.7. The van der Waals surface area contributed by atoms with Crippen LogP contribution in [0.15, 0.2) is 30.3 Å². The van der Waals surface area contributed by atoms with E-state index in [4.69, 9.17) is 5.73 Å². The second-order valence-electron chi connectivity index (χ2n) is 5.74. The molecule has 18 heavy (non-hydrogen) atoms. The van der Waals surface area contributed by atoms with Crippen molar-refractivity contribution >= 4 is 5.91 Å². The largest absolute Gasteiger partial charge is 0.354 e. The van der Waals surface area contributed by atoms with E-state index >= 15 is 0 Å². The van der Waals surface area contributed by atoms with E-state index in [0.717, 1.165) is 18.0 Å². The van der Waals surface area contributed by atoms with Crippen molar-refractivity contribution in [2.45, 2.75) is 31.7 Å². The Morgan fingerprint density at radius 2 is 2.00 bits per heavy atom. The summed E-state index contributed by atoms with van der Waals surface area (Å²) in [7, 11) is 0. The van der Waals surface area contributed by atoms with Crippen molar-refractivity contribution in [2.75, 3.05) is 6.54 Å². The second-order valence-corrected chi connectivity index (χ2v) is 5.74. The van der Waals surface area contributed by atoms with E-state index in [2.05, 4.69) is 5.32 Å². The molecule has 0 spiro atoms. The summed E-state index contributed by atoms with van der Waals surface area (Å²) in [6.07, 6.45) is 5.25. The Kier molecular flexibility index (Phi) is 2.86. The summed E-state index contributed by atoms with van der Waals surface area (Å²) in [6, 6.07) is 9.02. The van der Waals surface area contributed by atoms with Crippen molar-refractivity contribution < 1.29 is 4.79 Å². The normalized spacial score (nSPS) is 22.3. The van der Waals surface area contributed by atoms with Crippen LogP contribution in [0.5, 0.6) is 0 Å². The molecule has 3 heteroatoms. The predicted molar refractivity (Wildman–Crippen MR) is 70.8 cm³/mol. The molecule has 1 atom stereocenters. The van der Waals surface area contributed by atoms with Crippen molar-refractivity contribution in [1.82, 2.24) is 5.32 Å². The summed E-state index contributed by atoms with van der Waals surface area (Å²) in [5.41, 5.74) is 7.29. The van der Waals surface area contributed by atoms with Crippen molar-refractivity contribution in [3.8, 4) is 0 Å². The molecule has 0 saturated heterocycles. The maximum atomic E-state index is 12.0. The Balaban J connectivity index is 1.55. The lowest BCUT2D eigenvalue weighted by atomic mass is 10.00. The smallest absolute Gasteiger partial charge is 0.241 e. The van der Waals surface area contributed by atoms with Crippen LogP contribution in [0.2, 0.25) is 0 Å². The predicted octanol–water partition coefficient (Wildman–Crippen LogP) is 1.99. The van der Waals surface area contributed by atoms with Crippen molar-refractivity contribution in [3.63, 3.8) is 0 Å². The highest BCUT2D eigenvalue weighted by atomic mass is 16.2. The molecule has 0 bridgehead atoms. The standard InChI is InChI=1S/C15H20N2O/c16-13(11-4-2-1-3-5-11)14(18)17-10-15(8-9-15)12-6-7-12/h1-5,12-13H,6-10,16H2,(H,17,18). The van der Waals surface area contributed by atoms with Gasteiger partial charge in [0.25, 0.3) is 0 Å². The Morgan fingerprint density at radius 3 is 2.56 bits per heavy atom. The second kappa shape index (κ2) is 4.39. The number of benzene rings is 1. The highest BCUT2D eigenvalue weighted by molar-refractivity contribution is 5.82. The van der Waals surface area contributed by atoms with Crippen LogP contribution in [0, 0.1) is 11.3 Å². The summed E-state index contributed by atoms with van der Waals surface area (Å²) in [5, 5.41) is 3.04. The lowest BCUT2D eigenvalue weighted by Gasteiger charge is -2.17. The molecule has 1 amide bonds. The molecule has 96 valence electrons. The fraction of sp³-hybridized carbons (Fsp3) is 0.533. The Morgan fingerprint density at radius 1 is 1.33 bits per heavy atom. The van der Waals surface area contributed by atoms with Crippen LogP contribution < -0.4 is 11.1 Å². The SMILES string of the molecule is NC(C(=O)NCC1(C2CC2)CC1)c1ccccc1. The average Bonchev–Trinajstić information content (AvgIpc) is 3.28. The van der Waals surface area contributed by atoms with Gasteiger partial charge in [0, 0.05) is 6.54 Å². The van der Waals surface area contributed by atoms with Crippen LogP contribution in [-0.4, -0.2) is 12.5 Å². The molecule has 3 nitrogen and oxygen atoms in total. The third-order valence-corrected chi connectivity index (χ3v) is 4.39. The topological polar surface area (TPSA) is 55.1 Å². The number of hydrogen-bond donors (Lipinski definition) is 2. The van der Waals surface area contributed by atoms with Crippen molar-refractivity contribution in [2.24, 2.45) is 17.1 Å². The number of amides is 1. The van der Waals surface area contributed by atoms with Crippen LogP contribution in [0.1, 0.15) is 37.3 Å². The van der Waals surface area contributed by atoms with Gasteiger partial charge >= 0.3 is 0 Å². The minimum Gasteiger partial charge on any atom is -0.354 e. The van der Waals surface area contributed by atoms with Crippen LogP contribution in [0.4, 0.5) is 0 Å². The molecule has 0 aromatic heterocycles. The van der Waals surface area contributed by atoms with Gasteiger partial charge in [0.2, 0.25) is 5.91 Å². The van der Waals surface area contributed by atoms with Crippen molar-refractivity contribution in [3.05, 3.63) is 35.9 Å². The number of rotatable bonds is 5. The zero-order valence-corrected chi connectivity index (χ0v) is 10.6. The van der Waals surface area contributed by atoms with E-state index in [1.54, 1.807) is 0 Å². The maximum absolute atomic E-state index is 12.0. The highest BCUT2D eigenvalue weighted by Gasteiger charge is 2.53. The third-order valence-electron chi connectivity index (χ3n) is 4.39. The lowest BCUT2D eigenvalue weighted by molar-refractivity contribution is -0.122. The molecule has 3 rings (SSSR count). The molecule has 2 fully saturated rings. The van der Waals surface area contributed by atoms with Gasteiger partial charge in [-0.1, -0.05) is 30.3 Å². The first-order chi connectivity index (χ1) is 8.71. The van der Waals surface area contributed by atoms with Gasteiger partial charge < -0.3 is 11.1 Å². The van der Waals surface area contributed by atoms with Gasteiger partial charge in [-0.05, 0) is 42.6 Å². The lowest BCUT2D eigenvalue weighted by Crippen LogP contribution is -2.38. The Bertz CT molecular complexity index is 435. The molecule has 1 unspecified atom stereocenters. The number of carbonyl (C=O) groups excluding carboxylic acids is 1. The quantitative estimate of drug-likeness (QED) is 0.832. The zero-order valence-electron chi connectivity index (χ0n) is 10.6. The van der Waals surface area contributed by atoms with Gasteiger partial charge in [0.1, 0.15) is 6.04 Å². The average molecular weight is 244 g/mol. The van der Waals surface area contributed by atoms with Gasteiger partial charge in [0.05, 0.1) is 0 Å². The molecule has 0 radical (unpaired) electrons. The summed E-state index contributed by atoms with van der Waals surface area (Å²) >= 11 is 0. The molecule has 0 heterocycles.